The maximum Gasteiger partial charge on any atom is 0.341 e. The van der Waals surface area contributed by atoms with Gasteiger partial charge in [-0.15, -0.1) is 0 Å². The van der Waals surface area contributed by atoms with Gasteiger partial charge in [-0.1, -0.05) is 0 Å². The number of hydrogen-bond donors (Lipinski definition) is 1. The molecule has 6 heteroatoms. The molecule has 2 aromatic rings. The van der Waals surface area contributed by atoms with Gasteiger partial charge in [-0.3, -0.25) is 4.68 Å². The third-order valence-electron chi connectivity index (χ3n) is 2.55. The van der Waals surface area contributed by atoms with Crippen LogP contribution >= 0.6 is 0 Å². The van der Waals surface area contributed by atoms with Gasteiger partial charge in [-0.25, -0.2) is 9.78 Å². The lowest BCUT2D eigenvalue weighted by Crippen LogP contribution is -2.03. The van der Waals surface area contributed by atoms with Crippen LogP contribution in [0.25, 0.3) is 0 Å². The molecule has 0 radical (unpaired) electrons. The van der Waals surface area contributed by atoms with Gasteiger partial charge in [0.05, 0.1) is 12.4 Å². The van der Waals surface area contributed by atoms with Gasteiger partial charge in [-0.05, 0) is 32.9 Å². The molecule has 2 rings (SSSR count). The number of nitrogens with zero attached hydrogens (tertiary/aromatic N) is 3. The number of pyridine rings is 1. The molecule has 19 heavy (non-hydrogen) atoms. The third-order valence-corrected chi connectivity index (χ3v) is 2.55. The number of carbonyl (C=O) groups is 1. The Hall–Kier alpha value is -2.37. The number of carboxylic acid groups (broad SMARTS) is 1. The molecule has 0 amide bonds. The lowest BCUT2D eigenvalue weighted by Gasteiger charge is -2.06. The Kier molecular flexibility index (Phi) is 3.50. The topological polar surface area (TPSA) is 77.2 Å². The quantitative estimate of drug-likeness (QED) is 0.915. The van der Waals surface area contributed by atoms with Gasteiger partial charge in [0.25, 0.3) is 0 Å². The summed E-state index contributed by atoms with van der Waals surface area (Å²) in [7, 11) is 0. The van der Waals surface area contributed by atoms with Crippen LogP contribution in [-0.2, 0) is 0 Å². The molecule has 0 aliphatic carbocycles. The summed E-state index contributed by atoms with van der Waals surface area (Å²) in [6.07, 6.45) is 3.25. The largest absolute Gasteiger partial charge is 0.477 e. The molecular weight excluding hydrogens is 246 g/mol. The highest BCUT2D eigenvalue weighted by Crippen LogP contribution is 2.24. The summed E-state index contributed by atoms with van der Waals surface area (Å²) >= 11 is 0. The number of rotatable bonds is 4. The van der Waals surface area contributed by atoms with Crippen molar-refractivity contribution in [2.45, 2.75) is 26.8 Å². The fourth-order valence-corrected chi connectivity index (χ4v) is 1.54. The average Bonchev–Trinajstić information content (AvgIpc) is 2.77. The van der Waals surface area contributed by atoms with Crippen LogP contribution in [0, 0.1) is 6.92 Å². The van der Waals surface area contributed by atoms with E-state index in [1.807, 2.05) is 13.8 Å². The predicted octanol–water partition coefficient (Wildman–Crippen LogP) is 2.66. The number of aromatic nitrogens is 3. The van der Waals surface area contributed by atoms with E-state index in [2.05, 4.69) is 10.1 Å². The smallest absolute Gasteiger partial charge is 0.341 e. The first-order chi connectivity index (χ1) is 8.97. The molecule has 6 nitrogen and oxygen atoms in total. The minimum atomic E-state index is -1.07. The van der Waals surface area contributed by atoms with Gasteiger partial charge in [0.2, 0.25) is 5.88 Å². The minimum Gasteiger partial charge on any atom is -0.477 e. The summed E-state index contributed by atoms with van der Waals surface area (Å²) in [6.45, 7) is 5.75. The van der Waals surface area contributed by atoms with Gasteiger partial charge >= 0.3 is 5.97 Å². The number of carboxylic acids is 1. The van der Waals surface area contributed by atoms with E-state index in [1.165, 1.54) is 12.3 Å². The van der Waals surface area contributed by atoms with Crippen LogP contribution in [0.4, 0.5) is 0 Å². The summed E-state index contributed by atoms with van der Waals surface area (Å²) in [5, 5.41) is 13.2. The molecule has 0 saturated heterocycles. The molecule has 1 N–H and O–H groups in total. The maximum absolute atomic E-state index is 11.1. The van der Waals surface area contributed by atoms with Crippen LogP contribution in [0.1, 0.15) is 35.9 Å². The Morgan fingerprint density at radius 1 is 1.42 bits per heavy atom. The van der Waals surface area contributed by atoms with Gasteiger partial charge in [0, 0.05) is 11.7 Å². The molecule has 100 valence electrons. The SMILES string of the molecule is Cc1ccc(C(=O)O)c(Oc2cnn(C(C)C)c2)n1. The number of aromatic carboxylic acids is 1. The Morgan fingerprint density at radius 2 is 2.16 bits per heavy atom. The average molecular weight is 261 g/mol. The molecule has 2 aromatic heterocycles. The standard InChI is InChI=1S/C13H15N3O3/c1-8(2)16-7-10(6-14-16)19-12-11(13(17)18)5-4-9(3)15-12/h4-8H,1-3H3,(H,17,18). The van der Waals surface area contributed by atoms with Crippen molar-refractivity contribution in [1.82, 2.24) is 14.8 Å². The normalized spacial score (nSPS) is 10.7. The van der Waals surface area contributed by atoms with E-state index in [0.29, 0.717) is 11.4 Å². The second-order valence-electron chi connectivity index (χ2n) is 4.46. The maximum atomic E-state index is 11.1. The zero-order valence-electron chi connectivity index (χ0n) is 11.0. The molecule has 0 aliphatic heterocycles. The first kappa shape index (κ1) is 13.1. The number of aryl methyl sites for hydroxylation is 1. The zero-order chi connectivity index (χ0) is 14.0. The van der Waals surface area contributed by atoms with E-state index in [-0.39, 0.29) is 17.5 Å². The Labute approximate surface area is 110 Å². The molecule has 0 aromatic carbocycles. The monoisotopic (exact) mass is 261 g/mol. The van der Waals surface area contributed by atoms with E-state index >= 15 is 0 Å². The van der Waals surface area contributed by atoms with E-state index in [4.69, 9.17) is 9.84 Å². The summed E-state index contributed by atoms with van der Waals surface area (Å²) in [5.74, 6) is -0.524. The first-order valence-corrected chi connectivity index (χ1v) is 5.90. The molecule has 0 atom stereocenters. The van der Waals surface area contributed by atoms with Crippen LogP contribution in [0.3, 0.4) is 0 Å². The highest BCUT2D eigenvalue weighted by Gasteiger charge is 2.14. The number of hydrogen-bond acceptors (Lipinski definition) is 4. The first-order valence-electron chi connectivity index (χ1n) is 5.90. The van der Waals surface area contributed by atoms with Crippen molar-refractivity contribution in [2.24, 2.45) is 0 Å². The van der Waals surface area contributed by atoms with Crippen LogP contribution in [0.5, 0.6) is 11.6 Å². The highest BCUT2D eigenvalue weighted by atomic mass is 16.5. The molecule has 0 saturated carbocycles. The fraction of sp³-hybridized carbons (Fsp3) is 0.308. The van der Waals surface area contributed by atoms with Crippen molar-refractivity contribution in [3.63, 3.8) is 0 Å². The molecule has 0 aliphatic rings. The van der Waals surface area contributed by atoms with E-state index in [9.17, 15) is 4.79 Å². The Balaban J connectivity index is 2.31. The van der Waals surface area contributed by atoms with E-state index in [0.717, 1.165) is 0 Å². The van der Waals surface area contributed by atoms with Gasteiger partial charge in [0.15, 0.2) is 5.75 Å². The van der Waals surface area contributed by atoms with Crippen molar-refractivity contribution in [3.05, 3.63) is 35.8 Å². The van der Waals surface area contributed by atoms with E-state index < -0.39 is 5.97 Å². The summed E-state index contributed by atoms with van der Waals surface area (Å²) in [4.78, 5) is 15.2. The lowest BCUT2D eigenvalue weighted by molar-refractivity contribution is 0.0693. The Morgan fingerprint density at radius 3 is 2.74 bits per heavy atom. The molecule has 2 heterocycles. The third kappa shape index (κ3) is 2.90. The molecule has 0 fully saturated rings. The van der Waals surface area contributed by atoms with Crippen molar-refractivity contribution in [3.8, 4) is 11.6 Å². The summed E-state index contributed by atoms with van der Waals surface area (Å²) in [6, 6.07) is 3.32. The van der Waals surface area contributed by atoms with E-state index in [1.54, 1.807) is 23.9 Å². The van der Waals surface area contributed by atoms with Crippen LogP contribution in [0.15, 0.2) is 24.5 Å². The lowest BCUT2D eigenvalue weighted by atomic mass is 10.2. The fourth-order valence-electron chi connectivity index (χ4n) is 1.54. The van der Waals surface area contributed by atoms with Crippen molar-refractivity contribution >= 4 is 5.97 Å². The second kappa shape index (κ2) is 5.09. The van der Waals surface area contributed by atoms with Gasteiger partial charge in [0.1, 0.15) is 5.56 Å². The highest BCUT2D eigenvalue weighted by molar-refractivity contribution is 5.90. The zero-order valence-corrected chi connectivity index (χ0v) is 11.0. The predicted molar refractivity (Wildman–Crippen MR) is 68.6 cm³/mol. The molecular formula is C13H15N3O3. The van der Waals surface area contributed by atoms with Gasteiger partial charge < -0.3 is 9.84 Å². The molecule has 0 bridgehead atoms. The summed E-state index contributed by atoms with van der Waals surface area (Å²) in [5.41, 5.74) is 0.721. The van der Waals surface area contributed by atoms with Gasteiger partial charge in [-0.2, -0.15) is 5.10 Å². The minimum absolute atomic E-state index is 0.0305. The van der Waals surface area contributed by atoms with Crippen LogP contribution in [-0.4, -0.2) is 25.8 Å². The van der Waals surface area contributed by atoms with Crippen molar-refractivity contribution in [1.29, 1.82) is 0 Å². The second-order valence-corrected chi connectivity index (χ2v) is 4.46. The van der Waals surface area contributed by atoms with Crippen LogP contribution < -0.4 is 4.74 Å². The molecule has 0 spiro atoms. The van der Waals surface area contributed by atoms with Crippen molar-refractivity contribution < 1.29 is 14.6 Å². The summed E-state index contributed by atoms with van der Waals surface area (Å²) < 4.78 is 7.23. The Bertz CT molecular complexity index is 605. The van der Waals surface area contributed by atoms with Crippen molar-refractivity contribution in [2.75, 3.05) is 0 Å². The number of ether oxygens (including phenoxy) is 1. The van der Waals surface area contributed by atoms with Crippen LogP contribution in [0.2, 0.25) is 0 Å². The molecule has 0 unspecified atom stereocenters.